The van der Waals surface area contributed by atoms with Crippen LogP contribution in [0.3, 0.4) is 0 Å². The summed E-state index contributed by atoms with van der Waals surface area (Å²) in [5.74, 6) is -2.14. The zero-order valence-electron chi connectivity index (χ0n) is 23.6. The quantitative estimate of drug-likeness (QED) is 0.254. The zero-order chi connectivity index (χ0) is 30.2. The fraction of sp³-hybridized carbons (Fsp3) is 0.226. The summed E-state index contributed by atoms with van der Waals surface area (Å²) in [6, 6.07) is 8.68. The number of methoxy groups -OCH3 is 1. The lowest BCUT2D eigenvalue weighted by Gasteiger charge is -2.27. The number of halogens is 3. The number of hydrogen-bond acceptors (Lipinski definition) is 8. The van der Waals surface area contributed by atoms with E-state index in [4.69, 9.17) is 4.74 Å². The Morgan fingerprint density at radius 1 is 1.07 bits per heavy atom. The number of fused-ring (bicyclic) bond motifs is 2. The van der Waals surface area contributed by atoms with Crippen LogP contribution in [0.15, 0.2) is 54.9 Å². The smallest absolute Gasteiger partial charge is 0.318 e. The number of hydrogen-bond donors (Lipinski definition) is 0. The Balaban J connectivity index is 1.33. The van der Waals surface area contributed by atoms with Gasteiger partial charge in [0.05, 0.1) is 18.2 Å². The molecule has 6 rings (SSSR count). The molecule has 0 saturated carbocycles. The first-order valence-electron chi connectivity index (χ1n) is 13.5. The van der Waals surface area contributed by atoms with Gasteiger partial charge in [0, 0.05) is 55.6 Å². The van der Waals surface area contributed by atoms with Gasteiger partial charge in [0.2, 0.25) is 5.91 Å². The minimum Gasteiger partial charge on any atom is -0.467 e. The van der Waals surface area contributed by atoms with E-state index in [0.717, 1.165) is 6.07 Å². The number of aromatic nitrogens is 5. The molecule has 0 bridgehead atoms. The molecule has 1 aliphatic heterocycles. The summed E-state index contributed by atoms with van der Waals surface area (Å²) in [5.41, 5.74) is 0.469. The zero-order valence-corrected chi connectivity index (χ0v) is 23.6. The van der Waals surface area contributed by atoms with Crippen LogP contribution in [0.1, 0.15) is 17.9 Å². The van der Waals surface area contributed by atoms with Crippen molar-refractivity contribution in [1.29, 1.82) is 0 Å². The summed E-state index contributed by atoms with van der Waals surface area (Å²) in [5, 5.41) is 0.632. The van der Waals surface area contributed by atoms with Crippen LogP contribution in [0.5, 0.6) is 6.01 Å². The fourth-order valence-electron chi connectivity index (χ4n) is 5.34. The van der Waals surface area contributed by atoms with Crippen molar-refractivity contribution in [3.63, 3.8) is 0 Å². The number of benzene rings is 2. The average Bonchev–Trinajstić information content (AvgIpc) is 3.52. The number of nitrogens with zero attached hydrogens (tertiary/aromatic N) is 7. The third-order valence-electron chi connectivity index (χ3n) is 7.57. The number of rotatable bonds is 6. The molecule has 5 aromatic rings. The van der Waals surface area contributed by atoms with Crippen molar-refractivity contribution in [3.8, 4) is 17.3 Å². The summed E-state index contributed by atoms with van der Waals surface area (Å²) in [7, 11) is 3.17. The van der Waals surface area contributed by atoms with Gasteiger partial charge in [-0.3, -0.25) is 9.78 Å². The van der Waals surface area contributed by atoms with Gasteiger partial charge in [-0.05, 0) is 36.9 Å². The number of ether oxygens (including phenoxy) is 1. The molecule has 1 amide bonds. The molecule has 0 radical (unpaired) electrons. The molecule has 12 heteroatoms. The summed E-state index contributed by atoms with van der Waals surface area (Å²) in [6.07, 6.45) is 6.83. The number of likely N-dealkylation sites (tertiary alicyclic amines) is 1. The molecule has 1 fully saturated rings. The number of amides is 1. The summed E-state index contributed by atoms with van der Waals surface area (Å²) >= 11 is 0. The van der Waals surface area contributed by atoms with Crippen LogP contribution in [0, 0.1) is 24.4 Å². The van der Waals surface area contributed by atoms with E-state index in [1.165, 1.54) is 31.5 Å². The van der Waals surface area contributed by atoms with E-state index >= 15 is 4.39 Å². The van der Waals surface area contributed by atoms with Gasteiger partial charge in [0.1, 0.15) is 22.9 Å². The second-order valence-corrected chi connectivity index (χ2v) is 10.2. The molecular formula is C31H26F3N7O2. The van der Waals surface area contributed by atoms with Gasteiger partial charge in [-0.1, -0.05) is 24.3 Å². The molecule has 9 nitrogen and oxygen atoms in total. The van der Waals surface area contributed by atoms with Crippen molar-refractivity contribution in [2.24, 2.45) is 0 Å². The maximum atomic E-state index is 16.2. The molecule has 0 spiro atoms. The van der Waals surface area contributed by atoms with E-state index in [1.807, 2.05) is 4.90 Å². The first-order valence-corrected chi connectivity index (χ1v) is 13.5. The van der Waals surface area contributed by atoms with Crippen LogP contribution in [0.4, 0.5) is 19.0 Å². The van der Waals surface area contributed by atoms with Gasteiger partial charge in [-0.15, -0.1) is 0 Å². The Bertz CT molecular complexity index is 1920. The predicted molar refractivity (Wildman–Crippen MR) is 156 cm³/mol. The molecule has 1 unspecified atom stereocenters. The van der Waals surface area contributed by atoms with Gasteiger partial charge in [0.15, 0.2) is 17.5 Å². The normalized spacial score (nSPS) is 15.1. The lowest BCUT2D eigenvalue weighted by molar-refractivity contribution is -0.124. The molecule has 1 saturated heterocycles. The van der Waals surface area contributed by atoms with E-state index in [0.29, 0.717) is 47.6 Å². The number of carbonyl (C=O) groups is 1. The minimum atomic E-state index is -1.09. The first-order chi connectivity index (χ1) is 20.7. The van der Waals surface area contributed by atoms with E-state index in [1.54, 1.807) is 49.3 Å². The standard InChI is InChI=1S/C31H26F3N7O2/c1-17-35-13-11-19(37-17)8-10-24(42)41-14-12-20(16-41)40(2)30-22-15-36-28(27(34)29(22)38-31(39-30)43-3)21-6-4-5-18-7-9-23(32)26(33)25(18)21/h4-11,13,15,20H,12,14,16H2,1-3H3/b10-8+. The number of likely N-dealkylation sites (N-methyl/N-ethyl adjacent to an activating group) is 1. The van der Waals surface area contributed by atoms with Crippen molar-refractivity contribution in [1.82, 2.24) is 29.8 Å². The van der Waals surface area contributed by atoms with Crippen LogP contribution in [0.2, 0.25) is 0 Å². The van der Waals surface area contributed by atoms with Crippen LogP contribution >= 0.6 is 0 Å². The van der Waals surface area contributed by atoms with Crippen molar-refractivity contribution < 1.29 is 22.7 Å². The van der Waals surface area contributed by atoms with E-state index < -0.39 is 17.5 Å². The second-order valence-electron chi connectivity index (χ2n) is 10.2. The number of carbonyl (C=O) groups excluding carboxylic acids is 1. The molecule has 1 aliphatic rings. The lowest BCUT2D eigenvalue weighted by Crippen LogP contribution is -2.36. The minimum absolute atomic E-state index is 0.0745. The van der Waals surface area contributed by atoms with Gasteiger partial charge in [-0.25, -0.2) is 23.1 Å². The van der Waals surface area contributed by atoms with Crippen LogP contribution in [-0.4, -0.2) is 69.0 Å². The number of anilines is 1. The number of aryl methyl sites for hydroxylation is 1. The van der Waals surface area contributed by atoms with Gasteiger partial charge in [0.25, 0.3) is 0 Å². The fourth-order valence-corrected chi connectivity index (χ4v) is 5.34. The first kappa shape index (κ1) is 28.0. The Labute approximate surface area is 244 Å². The Hall–Kier alpha value is -5.13. The van der Waals surface area contributed by atoms with Crippen LogP contribution in [-0.2, 0) is 4.79 Å². The highest BCUT2D eigenvalue weighted by Gasteiger charge is 2.31. The molecular weight excluding hydrogens is 559 g/mol. The highest BCUT2D eigenvalue weighted by atomic mass is 19.2. The molecule has 0 N–H and O–H groups in total. The molecule has 4 heterocycles. The lowest BCUT2D eigenvalue weighted by atomic mass is 10.00. The largest absolute Gasteiger partial charge is 0.467 e. The van der Waals surface area contributed by atoms with Gasteiger partial charge in [-0.2, -0.15) is 9.97 Å². The van der Waals surface area contributed by atoms with Crippen LogP contribution < -0.4 is 9.64 Å². The molecule has 43 heavy (non-hydrogen) atoms. The third-order valence-corrected chi connectivity index (χ3v) is 7.57. The van der Waals surface area contributed by atoms with Crippen molar-refractivity contribution in [3.05, 3.63) is 83.8 Å². The molecule has 1 atom stereocenters. The topological polar surface area (TPSA) is 97.2 Å². The second kappa shape index (κ2) is 11.3. The predicted octanol–water partition coefficient (Wildman–Crippen LogP) is 5.12. The van der Waals surface area contributed by atoms with E-state index in [9.17, 15) is 13.6 Å². The summed E-state index contributed by atoms with van der Waals surface area (Å²) in [4.78, 5) is 37.9. The third kappa shape index (κ3) is 5.20. The molecule has 2 aromatic carbocycles. The van der Waals surface area contributed by atoms with E-state index in [2.05, 4.69) is 24.9 Å². The number of pyridine rings is 1. The van der Waals surface area contributed by atoms with Crippen LogP contribution in [0.25, 0.3) is 39.0 Å². The highest BCUT2D eigenvalue weighted by molar-refractivity contribution is 5.99. The Morgan fingerprint density at radius 3 is 2.70 bits per heavy atom. The molecule has 0 aliphatic carbocycles. The van der Waals surface area contributed by atoms with Crippen molar-refractivity contribution in [2.45, 2.75) is 19.4 Å². The van der Waals surface area contributed by atoms with Crippen molar-refractivity contribution >= 4 is 39.5 Å². The maximum absolute atomic E-state index is 16.2. The van der Waals surface area contributed by atoms with Gasteiger partial charge < -0.3 is 14.5 Å². The summed E-state index contributed by atoms with van der Waals surface area (Å²) in [6.45, 7) is 2.70. The molecule has 3 aromatic heterocycles. The highest BCUT2D eigenvalue weighted by Crippen LogP contribution is 2.36. The Morgan fingerprint density at radius 2 is 1.91 bits per heavy atom. The Kier molecular flexibility index (Phi) is 7.34. The maximum Gasteiger partial charge on any atom is 0.318 e. The van der Waals surface area contributed by atoms with E-state index in [-0.39, 0.29) is 40.1 Å². The monoisotopic (exact) mass is 585 g/mol. The van der Waals surface area contributed by atoms with Crippen molar-refractivity contribution in [2.75, 3.05) is 32.1 Å². The SMILES string of the molecule is COc1nc(N(C)C2CCN(C(=O)/C=C/c3ccnc(C)n3)C2)c2cnc(-c3cccc4ccc(F)c(F)c34)c(F)c2n1. The molecule has 218 valence electrons. The van der Waals surface area contributed by atoms with Gasteiger partial charge >= 0.3 is 6.01 Å². The summed E-state index contributed by atoms with van der Waals surface area (Å²) < 4.78 is 50.5. The average molecular weight is 586 g/mol.